The summed E-state index contributed by atoms with van der Waals surface area (Å²) in [6.07, 6.45) is 2.28. The average molecular weight is 313 g/mol. The van der Waals surface area contributed by atoms with Gasteiger partial charge in [0.25, 0.3) is 0 Å². The summed E-state index contributed by atoms with van der Waals surface area (Å²) in [5.41, 5.74) is 0. The second-order valence-corrected chi connectivity index (χ2v) is 6.92. The Hall–Kier alpha value is -0.910. The molecular weight excluding hydrogens is 296 g/mol. The number of fused-ring (bicyclic) bond motifs is 1. The maximum atomic E-state index is 6.09. The number of thiophene rings is 1. The Kier molecular flexibility index (Phi) is 3.84. The Labute approximate surface area is 127 Å². The van der Waals surface area contributed by atoms with E-state index in [1.165, 1.54) is 4.88 Å². The van der Waals surface area contributed by atoms with Crippen molar-refractivity contribution >= 4 is 33.2 Å². The molecule has 2 unspecified atom stereocenters. The molecule has 1 aliphatic heterocycles. The third kappa shape index (κ3) is 2.90. The number of nitrogens with zero attached hydrogens (tertiary/aromatic N) is 2. The molecule has 3 heterocycles. The second kappa shape index (κ2) is 5.47. The van der Waals surface area contributed by atoms with Crippen LogP contribution >= 0.6 is 22.9 Å². The van der Waals surface area contributed by atoms with Crippen molar-refractivity contribution in [2.75, 3.05) is 0 Å². The minimum atomic E-state index is 0.114. The van der Waals surface area contributed by atoms with Crippen molar-refractivity contribution in [2.24, 2.45) is 0 Å². The molecule has 0 N–H and O–H groups in total. The third-order valence-corrected chi connectivity index (χ3v) is 4.50. The first-order valence-electron chi connectivity index (χ1n) is 6.77. The number of ether oxygens (including phenoxy) is 2. The Balaban J connectivity index is 1.90. The van der Waals surface area contributed by atoms with Crippen molar-refractivity contribution < 1.29 is 9.47 Å². The Morgan fingerprint density at radius 2 is 2.00 bits per heavy atom. The molecule has 0 amide bonds. The van der Waals surface area contributed by atoms with Crippen molar-refractivity contribution in [1.29, 1.82) is 0 Å². The maximum absolute atomic E-state index is 6.09. The van der Waals surface area contributed by atoms with Gasteiger partial charge < -0.3 is 9.47 Å². The fourth-order valence-corrected chi connectivity index (χ4v) is 3.76. The molecule has 1 fully saturated rings. The fraction of sp³-hybridized carbons (Fsp3) is 0.571. The van der Waals surface area contributed by atoms with Crippen LogP contribution in [-0.2, 0) is 4.74 Å². The fourth-order valence-electron chi connectivity index (χ4n) is 2.68. The first kappa shape index (κ1) is 14.0. The zero-order chi connectivity index (χ0) is 14.3. The van der Waals surface area contributed by atoms with E-state index in [2.05, 4.69) is 29.9 Å². The molecule has 0 aliphatic carbocycles. The van der Waals surface area contributed by atoms with E-state index in [0.717, 1.165) is 23.1 Å². The van der Waals surface area contributed by atoms with Gasteiger partial charge in [0.2, 0.25) is 11.2 Å². The summed E-state index contributed by atoms with van der Waals surface area (Å²) in [6.45, 7) is 6.19. The van der Waals surface area contributed by atoms with Crippen molar-refractivity contribution in [3.8, 4) is 5.88 Å². The van der Waals surface area contributed by atoms with Crippen LogP contribution in [-0.4, -0.2) is 28.3 Å². The number of hydrogen-bond acceptors (Lipinski definition) is 5. The molecule has 0 radical (unpaired) electrons. The van der Waals surface area contributed by atoms with Gasteiger partial charge in [-0.3, -0.25) is 0 Å². The van der Waals surface area contributed by atoms with Crippen molar-refractivity contribution in [2.45, 2.75) is 51.9 Å². The first-order valence-corrected chi connectivity index (χ1v) is 7.96. The molecule has 4 nitrogen and oxygen atoms in total. The molecule has 2 aromatic rings. The molecular formula is C14H17ClN2O2S. The van der Waals surface area contributed by atoms with Gasteiger partial charge in [0.1, 0.15) is 10.9 Å². The molecule has 0 bridgehead atoms. The average Bonchev–Trinajstić information content (AvgIpc) is 2.68. The van der Waals surface area contributed by atoms with Crippen molar-refractivity contribution in [3.05, 3.63) is 16.2 Å². The Morgan fingerprint density at radius 1 is 1.30 bits per heavy atom. The third-order valence-electron chi connectivity index (χ3n) is 3.39. The molecule has 0 aromatic carbocycles. The number of rotatable bonds is 2. The maximum Gasteiger partial charge on any atom is 0.227 e. The molecule has 0 spiro atoms. The summed E-state index contributed by atoms with van der Waals surface area (Å²) in [7, 11) is 0. The molecule has 1 saturated heterocycles. The lowest BCUT2D eigenvalue weighted by Crippen LogP contribution is -2.35. The standard InChI is InChI=1S/C14H17ClN2O2S/c1-7-4-10(5-8(2)18-7)19-12-11-6-9(3)20-13(11)17-14(15)16-12/h6-8,10H,4-5H2,1-3H3. The lowest BCUT2D eigenvalue weighted by Gasteiger charge is -2.32. The Morgan fingerprint density at radius 3 is 2.70 bits per heavy atom. The van der Waals surface area contributed by atoms with E-state index in [0.29, 0.717) is 5.88 Å². The SMILES string of the molecule is Cc1cc2c(OC3CC(C)OC(C)C3)nc(Cl)nc2s1. The number of halogens is 1. The summed E-state index contributed by atoms with van der Waals surface area (Å²) in [5.74, 6) is 0.593. The van der Waals surface area contributed by atoms with Gasteiger partial charge in [-0.2, -0.15) is 4.98 Å². The predicted octanol–water partition coefficient (Wildman–Crippen LogP) is 3.99. The zero-order valence-electron chi connectivity index (χ0n) is 11.7. The molecule has 1 aliphatic rings. The van der Waals surface area contributed by atoms with Crippen LogP contribution in [0.25, 0.3) is 10.2 Å². The summed E-state index contributed by atoms with van der Waals surface area (Å²) >= 11 is 7.59. The van der Waals surface area contributed by atoms with E-state index in [-0.39, 0.29) is 23.6 Å². The van der Waals surface area contributed by atoms with Crippen molar-refractivity contribution in [3.63, 3.8) is 0 Å². The van der Waals surface area contributed by atoms with Gasteiger partial charge >= 0.3 is 0 Å². The van der Waals surface area contributed by atoms with Gasteiger partial charge in [-0.25, -0.2) is 4.98 Å². The van der Waals surface area contributed by atoms with Crippen LogP contribution < -0.4 is 4.74 Å². The van der Waals surface area contributed by atoms with E-state index in [4.69, 9.17) is 21.1 Å². The van der Waals surface area contributed by atoms with Gasteiger partial charge in [-0.1, -0.05) is 0 Å². The van der Waals surface area contributed by atoms with Crippen LogP contribution in [0.3, 0.4) is 0 Å². The van der Waals surface area contributed by atoms with E-state index < -0.39 is 0 Å². The first-order chi connectivity index (χ1) is 9.51. The smallest absolute Gasteiger partial charge is 0.227 e. The van der Waals surface area contributed by atoms with E-state index in [9.17, 15) is 0 Å². The monoisotopic (exact) mass is 312 g/mol. The zero-order valence-corrected chi connectivity index (χ0v) is 13.3. The molecule has 0 saturated carbocycles. The van der Waals surface area contributed by atoms with Crippen LogP contribution in [0.1, 0.15) is 31.6 Å². The van der Waals surface area contributed by atoms with Gasteiger partial charge in [0.15, 0.2) is 0 Å². The lowest BCUT2D eigenvalue weighted by molar-refractivity contribution is -0.0726. The molecule has 20 heavy (non-hydrogen) atoms. The molecule has 108 valence electrons. The summed E-state index contributed by atoms with van der Waals surface area (Å²) in [5, 5.41) is 1.19. The number of aryl methyl sites for hydroxylation is 1. The quantitative estimate of drug-likeness (QED) is 0.787. The van der Waals surface area contributed by atoms with Crippen molar-refractivity contribution in [1.82, 2.24) is 9.97 Å². The highest BCUT2D eigenvalue weighted by Gasteiger charge is 2.27. The highest BCUT2D eigenvalue weighted by atomic mass is 35.5. The molecule has 2 aromatic heterocycles. The topological polar surface area (TPSA) is 44.2 Å². The number of aromatic nitrogens is 2. The summed E-state index contributed by atoms with van der Waals surface area (Å²) in [4.78, 5) is 10.6. The van der Waals surface area contributed by atoms with E-state index in [1.807, 2.05) is 6.92 Å². The molecule has 2 atom stereocenters. The number of hydrogen-bond donors (Lipinski definition) is 0. The van der Waals surface area contributed by atoms with Crippen LogP contribution in [0.15, 0.2) is 6.07 Å². The Bertz CT molecular complexity index is 621. The normalized spacial score (nSPS) is 26.9. The summed E-state index contributed by atoms with van der Waals surface area (Å²) in [6, 6.07) is 2.05. The minimum absolute atomic E-state index is 0.114. The van der Waals surface area contributed by atoms with Crippen LogP contribution in [0.2, 0.25) is 5.28 Å². The van der Waals surface area contributed by atoms with Gasteiger partial charge in [-0.15, -0.1) is 11.3 Å². The van der Waals surface area contributed by atoms with Crippen LogP contribution in [0.5, 0.6) is 5.88 Å². The molecule has 6 heteroatoms. The lowest BCUT2D eigenvalue weighted by atomic mass is 10.0. The predicted molar refractivity (Wildman–Crippen MR) is 80.8 cm³/mol. The second-order valence-electron chi connectivity index (χ2n) is 5.34. The van der Waals surface area contributed by atoms with Gasteiger partial charge in [0.05, 0.1) is 17.6 Å². The highest BCUT2D eigenvalue weighted by Crippen LogP contribution is 2.33. The van der Waals surface area contributed by atoms with E-state index in [1.54, 1.807) is 11.3 Å². The van der Waals surface area contributed by atoms with Crippen LogP contribution in [0, 0.1) is 6.92 Å². The largest absolute Gasteiger partial charge is 0.474 e. The minimum Gasteiger partial charge on any atom is -0.474 e. The van der Waals surface area contributed by atoms with Gasteiger partial charge in [-0.05, 0) is 38.4 Å². The summed E-state index contributed by atoms with van der Waals surface area (Å²) < 4.78 is 11.8. The molecule has 3 rings (SSSR count). The highest BCUT2D eigenvalue weighted by molar-refractivity contribution is 7.18. The van der Waals surface area contributed by atoms with Gasteiger partial charge in [0, 0.05) is 17.7 Å². The van der Waals surface area contributed by atoms with E-state index >= 15 is 0 Å². The van der Waals surface area contributed by atoms with Crippen LogP contribution in [0.4, 0.5) is 0 Å².